The van der Waals surface area contributed by atoms with Crippen molar-refractivity contribution in [2.45, 2.75) is 37.8 Å². The van der Waals surface area contributed by atoms with E-state index in [1.165, 1.54) is 5.56 Å². The standard InChI is InChI=1S/C23H25N3O3/c1-28-23(13-8-14-23)21-15-20(26-29-21)22(27)25-19-12-7-3-6-11-18(19)24-16-17-9-4-2-5-10-17/h2-7,9-10,12,15,24H,8,11,13-14,16H2,1H3,(H,25,27). The Kier molecular flexibility index (Phi) is 5.62. The molecule has 150 valence electrons. The topological polar surface area (TPSA) is 76.4 Å². The Labute approximate surface area is 170 Å². The van der Waals surface area contributed by atoms with Gasteiger partial charge in [-0.05, 0) is 30.9 Å². The molecule has 29 heavy (non-hydrogen) atoms. The minimum absolute atomic E-state index is 0.254. The normalized spacial score (nSPS) is 17.6. The number of aromatic nitrogens is 1. The van der Waals surface area contributed by atoms with Gasteiger partial charge in [0.2, 0.25) is 0 Å². The maximum Gasteiger partial charge on any atom is 0.277 e. The number of rotatable bonds is 7. The van der Waals surface area contributed by atoms with Gasteiger partial charge in [-0.2, -0.15) is 0 Å². The number of carbonyl (C=O) groups excluding carboxylic acids is 1. The molecule has 1 aromatic heterocycles. The van der Waals surface area contributed by atoms with Crippen LogP contribution in [0.3, 0.4) is 0 Å². The molecule has 1 saturated carbocycles. The molecule has 0 atom stereocenters. The van der Waals surface area contributed by atoms with Crippen LogP contribution in [0, 0.1) is 0 Å². The third kappa shape index (κ3) is 4.17. The average Bonchev–Trinajstić information content (AvgIpc) is 3.10. The number of methoxy groups -OCH3 is 1. The largest absolute Gasteiger partial charge is 0.382 e. The molecule has 0 aliphatic heterocycles. The lowest BCUT2D eigenvalue weighted by Crippen LogP contribution is -2.35. The predicted octanol–water partition coefficient (Wildman–Crippen LogP) is 3.95. The van der Waals surface area contributed by atoms with Crippen LogP contribution in [0.5, 0.6) is 0 Å². The maximum atomic E-state index is 12.8. The smallest absolute Gasteiger partial charge is 0.277 e. The zero-order valence-electron chi connectivity index (χ0n) is 16.5. The summed E-state index contributed by atoms with van der Waals surface area (Å²) >= 11 is 0. The van der Waals surface area contributed by atoms with Crippen molar-refractivity contribution < 1.29 is 14.1 Å². The highest BCUT2D eigenvalue weighted by Gasteiger charge is 2.43. The molecule has 2 N–H and O–H groups in total. The predicted molar refractivity (Wildman–Crippen MR) is 110 cm³/mol. The highest BCUT2D eigenvalue weighted by atomic mass is 16.5. The van der Waals surface area contributed by atoms with Crippen LogP contribution in [0.2, 0.25) is 0 Å². The number of hydrogen-bond acceptors (Lipinski definition) is 5. The van der Waals surface area contributed by atoms with E-state index in [1.807, 2.05) is 36.4 Å². The number of nitrogens with zero attached hydrogens (tertiary/aromatic N) is 1. The van der Waals surface area contributed by atoms with Crippen LogP contribution in [-0.4, -0.2) is 18.2 Å². The lowest BCUT2D eigenvalue weighted by atomic mass is 9.78. The van der Waals surface area contributed by atoms with Crippen molar-refractivity contribution >= 4 is 5.91 Å². The summed E-state index contributed by atoms with van der Waals surface area (Å²) in [5, 5.41) is 10.4. The average molecular weight is 391 g/mol. The van der Waals surface area contributed by atoms with Crippen LogP contribution in [-0.2, 0) is 16.9 Å². The summed E-state index contributed by atoms with van der Waals surface area (Å²) in [4.78, 5) is 12.8. The monoisotopic (exact) mass is 391 g/mol. The molecule has 6 heteroatoms. The Bertz CT molecular complexity index is 947. The number of nitrogens with one attached hydrogen (secondary N) is 2. The third-order valence-electron chi connectivity index (χ3n) is 5.50. The first kappa shape index (κ1) is 19.2. The van der Waals surface area contributed by atoms with Gasteiger partial charge < -0.3 is 19.9 Å². The van der Waals surface area contributed by atoms with Gasteiger partial charge in [0, 0.05) is 31.8 Å². The maximum absolute atomic E-state index is 12.8. The molecule has 0 radical (unpaired) electrons. The summed E-state index contributed by atoms with van der Waals surface area (Å²) in [5.41, 5.74) is 2.67. The van der Waals surface area contributed by atoms with E-state index in [4.69, 9.17) is 9.26 Å². The number of carbonyl (C=O) groups is 1. The first-order valence-corrected chi connectivity index (χ1v) is 9.88. The number of benzene rings is 1. The Morgan fingerprint density at radius 2 is 2.07 bits per heavy atom. The molecule has 1 fully saturated rings. The minimum Gasteiger partial charge on any atom is -0.382 e. The van der Waals surface area contributed by atoms with Crippen LogP contribution >= 0.6 is 0 Å². The molecule has 6 nitrogen and oxygen atoms in total. The summed E-state index contributed by atoms with van der Waals surface area (Å²) in [6.07, 6.45) is 11.4. The van der Waals surface area contributed by atoms with Gasteiger partial charge in [0.25, 0.3) is 5.91 Å². The Morgan fingerprint density at radius 3 is 2.79 bits per heavy atom. The van der Waals surface area contributed by atoms with Crippen molar-refractivity contribution in [3.63, 3.8) is 0 Å². The molecule has 2 aliphatic rings. The van der Waals surface area contributed by atoms with Crippen LogP contribution in [0.25, 0.3) is 0 Å². The zero-order chi connectivity index (χ0) is 20.1. The van der Waals surface area contributed by atoms with E-state index in [-0.39, 0.29) is 11.6 Å². The molecule has 1 aromatic carbocycles. The van der Waals surface area contributed by atoms with Gasteiger partial charge in [-0.1, -0.05) is 53.7 Å². The van der Waals surface area contributed by atoms with Gasteiger partial charge in [0.15, 0.2) is 11.5 Å². The highest BCUT2D eigenvalue weighted by molar-refractivity contribution is 5.93. The van der Waals surface area contributed by atoms with Gasteiger partial charge in [-0.3, -0.25) is 4.79 Å². The van der Waals surface area contributed by atoms with Gasteiger partial charge in [0.05, 0.1) is 5.70 Å². The molecule has 2 aliphatic carbocycles. The molecule has 1 heterocycles. The summed E-state index contributed by atoms with van der Waals surface area (Å²) in [7, 11) is 1.67. The van der Waals surface area contributed by atoms with Crippen LogP contribution in [0.4, 0.5) is 0 Å². The van der Waals surface area contributed by atoms with E-state index in [0.717, 1.165) is 30.7 Å². The van der Waals surface area contributed by atoms with E-state index in [9.17, 15) is 4.79 Å². The lowest BCUT2D eigenvalue weighted by Gasteiger charge is -2.37. The Balaban J connectivity index is 1.48. The summed E-state index contributed by atoms with van der Waals surface area (Å²) in [5.74, 6) is 0.317. The van der Waals surface area contributed by atoms with Crippen molar-refractivity contribution in [1.29, 1.82) is 0 Å². The van der Waals surface area contributed by atoms with Crippen molar-refractivity contribution in [3.8, 4) is 0 Å². The van der Waals surface area contributed by atoms with Crippen molar-refractivity contribution in [3.05, 3.63) is 89.1 Å². The van der Waals surface area contributed by atoms with Gasteiger partial charge in [-0.25, -0.2) is 0 Å². The number of hydrogen-bond donors (Lipinski definition) is 2. The molecule has 0 saturated heterocycles. The first-order chi connectivity index (χ1) is 14.2. The molecule has 4 rings (SSSR count). The van der Waals surface area contributed by atoms with Crippen molar-refractivity contribution in [2.75, 3.05) is 7.11 Å². The SMILES string of the molecule is COC1(c2cc(C(=O)NC3=C(NCc4ccccc4)CC=CC=C3)no2)CCC1. The molecule has 0 spiro atoms. The molecule has 0 unspecified atom stereocenters. The Hall–Kier alpha value is -3.12. The second-order valence-electron chi connectivity index (χ2n) is 7.31. The second-order valence-corrected chi connectivity index (χ2v) is 7.31. The molecule has 2 aromatic rings. The van der Waals surface area contributed by atoms with Gasteiger partial charge in [0.1, 0.15) is 5.60 Å². The van der Waals surface area contributed by atoms with E-state index < -0.39 is 5.60 Å². The molecule has 1 amide bonds. The minimum atomic E-state index is -0.431. The second kappa shape index (κ2) is 8.49. The van der Waals surface area contributed by atoms with Gasteiger partial charge >= 0.3 is 0 Å². The number of amides is 1. The summed E-state index contributed by atoms with van der Waals surface area (Å²) < 4.78 is 11.0. The molecular weight excluding hydrogens is 366 g/mol. The quantitative estimate of drug-likeness (QED) is 0.747. The summed E-state index contributed by atoms with van der Waals surface area (Å²) in [6, 6.07) is 11.8. The van der Waals surface area contributed by atoms with E-state index >= 15 is 0 Å². The molecule has 0 bridgehead atoms. The molecular formula is C23H25N3O3. The number of ether oxygens (including phenoxy) is 1. The van der Waals surface area contributed by atoms with Crippen LogP contribution in [0.1, 0.15) is 47.5 Å². The lowest BCUT2D eigenvalue weighted by molar-refractivity contribution is -0.0955. The van der Waals surface area contributed by atoms with Crippen LogP contribution < -0.4 is 10.6 Å². The Morgan fingerprint density at radius 1 is 1.24 bits per heavy atom. The third-order valence-corrected chi connectivity index (χ3v) is 5.50. The fraction of sp³-hybridized carbons (Fsp3) is 0.304. The summed E-state index contributed by atoms with van der Waals surface area (Å²) in [6.45, 7) is 0.682. The van der Waals surface area contributed by atoms with Crippen molar-refractivity contribution in [1.82, 2.24) is 15.8 Å². The van der Waals surface area contributed by atoms with Crippen LogP contribution in [0.15, 0.2) is 76.6 Å². The van der Waals surface area contributed by atoms with E-state index in [0.29, 0.717) is 18.7 Å². The fourth-order valence-electron chi connectivity index (χ4n) is 3.55. The van der Waals surface area contributed by atoms with E-state index in [1.54, 1.807) is 13.2 Å². The fourth-order valence-corrected chi connectivity index (χ4v) is 3.55. The van der Waals surface area contributed by atoms with Gasteiger partial charge in [-0.15, -0.1) is 0 Å². The first-order valence-electron chi connectivity index (χ1n) is 9.88. The zero-order valence-corrected chi connectivity index (χ0v) is 16.5. The van der Waals surface area contributed by atoms with Crippen molar-refractivity contribution in [2.24, 2.45) is 0 Å². The number of allylic oxidation sites excluding steroid dienone is 4. The highest BCUT2D eigenvalue weighted by Crippen LogP contribution is 2.44. The van der Waals surface area contributed by atoms with E-state index in [2.05, 4.69) is 34.0 Å².